The first-order valence-corrected chi connectivity index (χ1v) is 10.9. The van der Waals surface area contributed by atoms with Gasteiger partial charge >= 0.3 is 0 Å². The van der Waals surface area contributed by atoms with Gasteiger partial charge < -0.3 is 10.3 Å². The Morgan fingerprint density at radius 2 is 1.81 bits per heavy atom. The summed E-state index contributed by atoms with van der Waals surface area (Å²) in [7, 11) is 0. The summed E-state index contributed by atoms with van der Waals surface area (Å²) in [4.78, 5) is 13.2. The highest BCUT2D eigenvalue weighted by molar-refractivity contribution is 5.86. The van der Waals surface area contributed by atoms with Crippen molar-refractivity contribution in [2.24, 2.45) is 5.92 Å². The number of hydrogen-bond donors (Lipinski definition) is 2. The van der Waals surface area contributed by atoms with Crippen LogP contribution in [0.4, 0.5) is 0 Å². The second-order valence-electron chi connectivity index (χ2n) is 8.29. The van der Waals surface area contributed by atoms with Crippen LogP contribution in [0.15, 0.2) is 67.1 Å². The van der Waals surface area contributed by atoms with Crippen molar-refractivity contribution in [3.05, 3.63) is 72.8 Å². The minimum atomic E-state index is 0.674. The zero-order valence-electron chi connectivity index (χ0n) is 17.3. The minimum absolute atomic E-state index is 0.674. The van der Waals surface area contributed by atoms with E-state index >= 15 is 0 Å². The number of nitrogens with one attached hydrogen (secondary N) is 2. The molecule has 0 saturated carbocycles. The molecule has 4 aromatic heterocycles. The number of rotatable bonds is 4. The molecule has 1 fully saturated rings. The van der Waals surface area contributed by atoms with Gasteiger partial charge in [-0.1, -0.05) is 36.4 Å². The van der Waals surface area contributed by atoms with Crippen molar-refractivity contribution >= 4 is 16.7 Å². The molecule has 5 heterocycles. The van der Waals surface area contributed by atoms with Gasteiger partial charge in [-0.05, 0) is 50.4 Å². The Morgan fingerprint density at radius 1 is 0.935 bits per heavy atom. The quantitative estimate of drug-likeness (QED) is 0.460. The molecular weight excluding hydrogens is 384 g/mol. The van der Waals surface area contributed by atoms with E-state index in [1.807, 2.05) is 41.3 Å². The monoisotopic (exact) mass is 408 g/mol. The fraction of sp³-hybridized carbons (Fsp3) is 0.240. The second-order valence-corrected chi connectivity index (χ2v) is 8.29. The number of hydrogen-bond acceptors (Lipinski definition) is 4. The van der Waals surface area contributed by atoms with Crippen molar-refractivity contribution in [2.75, 3.05) is 13.1 Å². The first-order valence-electron chi connectivity index (χ1n) is 10.9. The normalized spacial score (nSPS) is 15.1. The molecule has 1 aromatic carbocycles. The lowest BCUT2D eigenvalue weighted by Gasteiger charge is -2.22. The number of aromatic nitrogens is 5. The van der Waals surface area contributed by atoms with E-state index in [2.05, 4.69) is 45.7 Å². The van der Waals surface area contributed by atoms with Crippen molar-refractivity contribution in [3.63, 3.8) is 0 Å². The lowest BCUT2D eigenvalue weighted by Crippen LogP contribution is -2.28. The predicted molar refractivity (Wildman–Crippen MR) is 123 cm³/mol. The van der Waals surface area contributed by atoms with Crippen LogP contribution in [-0.4, -0.2) is 37.7 Å². The van der Waals surface area contributed by atoms with Gasteiger partial charge in [-0.15, -0.1) is 0 Å². The van der Waals surface area contributed by atoms with Crippen LogP contribution in [0.1, 0.15) is 18.5 Å². The van der Waals surface area contributed by atoms with Gasteiger partial charge in [0.25, 0.3) is 0 Å². The minimum Gasteiger partial charge on any atom is -0.346 e. The largest absolute Gasteiger partial charge is 0.346 e. The standard InChI is InChI=1S/C25H24N6/c1-2-4-18(5-3-1)22-7-6-19(15-28-22)21-16-29-31-24-20(10-13-27-24)23(30-25(21)31)14-17-8-11-26-12-9-17/h1-7,10,13,15-17,26-27H,8-9,11-12,14H2. The summed E-state index contributed by atoms with van der Waals surface area (Å²) in [6.45, 7) is 2.20. The van der Waals surface area contributed by atoms with Crippen molar-refractivity contribution in [3.8, 4) is 22.4 Å². The number of piperidine rings is 1. The van der Waals surface area contributed by atoms with Crippen LogP contribution in [0.2, 0.25) is 0 Å². The average Bonchev–Trinajstić information content (AvgIpc) is 3.48. The molecule has 0 aliphatic carbocycles. The summed E-state index contributed by atoms with van der Waals surface area (Å²) in [5.74, 6) is 0.674. The Bertz CT molecular complexity index is 1330. The third-order valence-electron chi connectivity index (χ3n) is 6.32. The van der Waals surface area contributed by atoms with Crippen molar-refractivity contribution in [2.45, 2.75) is 19.3 Å². The van der Waals surface area contributed by atoms with Crippen LogP contribution in [0.3, 0.4) is 0 Å². The molecule has 0 amide bonds. The molecule has 0 bridgehead atoms. The fourth-order valence-electron chi connectivity index (χ4n) is 4.62. The summed E-state index contributed by atoms with van der Waals surface area (Å²) in [5, 5.41) is 9.27. The van der Waals surface area contributed by atoms with Crippen LogP contribution in [0.25, 0.3) is 39.1 Å². The first kappa shape index (κ1) is 18.3. The molecule has 5 aromatic rings. The van der Waals surface area contributed by atoms with Gasteiger partial charge in [0.05, 0.1) is 17.6 Å². The molecule has 154 valence electrons. The lowest BCUT2D eigenvalue weighted by molar-refractivity contribution is 0.371. The highest BCUT2D eigenvalue weighted by Gasteiger charge is 2.19. The van der Waals surface area contributed by atoms with E-state index < -0.39 is 0 Å². The Balaban J connectivity index is 1.42. The molecule has 31 heavy (non-hydrogen) atoms. The molecule has 0 atom stereocenters. The van der Waals surface area contributed by atoms with Gasteiger partial charge in [-0.3, -0.25) is 4.98 Å². The third kappa shape index (κ3) is 3.29. The summed E-state index contributed by atoms with van der Waals surface area (Å²) < 4.78 is 1.92. The summed E-state index contributed by atoms with van der Waals surface area (Å²) in [6, 6.07) is 16.5. The van der Waals surface area contributed by atoms with Crippen molar-refractivity contribution in [1.82, 2.24) is 29.9 Å². The predicted octanol–water partition coefficient (Wildman–Crippen LogP) is 4.48. The van der Waals surface area contributed by atoms with Crippen LogP contribution in [0, 0.1) is 5.92 Å². The number of pyridine rings is 1. The van der Waals surface area contributed by atoms with E-state index in [1.165, 1.54) is 18.2 Å². The molecule has 6 rings (SSSR count). The van der Waals surface area contributed by atoms with Crippen molar-refractivity contribution < 1.29 is 0 Å². The van der Waals surface area contributed by atoms with Crippen molar-refractivity contribution in [1.29, 1.82) is 0 Å². The zero-order chi connectivity index (χ0) is 20.6. The maximum absolute atomic E-state index is 5.12. The molecule has 0 spiro atoms. The number of H-pyrrole nitrogens is 1. The van der Waals surface area contributed by atoms with E-state index in [4.69, 9.17) is 9.97 Å². The molecule has 1 aliphatic rings. The summed E-state index contributed by atoms with van der Waals surface area (Å²) in [6.07, 6.45) is 9.21. The van der Waals surface area contributed by atoms with Gasteiger partial charge in [0.2, 0.25) is 0 Å². The van der Waals surface area contributed by atoms with Crippen LogP contribution >= 0.6 is 0 Å². The SMILES string of the molecule is c1ccc(-c2ccc(-c3cnn4c3nc(CC3CCNCC3)c3cc[nH]c34)cn2)cc1. The smallest absolute Gasteiger partial charge is 0.165 e. The van der Waals surface area contributed by atoms with E-state index in [9.17, 15) is 0 Å². The molecule has 6 heteroatoms. The van der Waals surface area contributed by atoms with Gasteiger partial charge in [-0.25, -0.2) is 4.98 Å². The number of nitrogens with zero attached hydrogens (tertiary/aromatic N) is 4. The molecule has 1 aliphatic heterocycles. The second kappa shape index (κ2) is 7.63. The topological polar surface area (TPSA) is 70.9 Å². The van der Waals surface area contributed by atoms with E-state index in [0.29, 0.717) is 5.92 Å². The molecule has 1 saturated heterocycles. The van der Waals surface area contributed by atoms with Crippen LogP contribution < -0.4 is 5.32 Å². The molecule has 6 nitrogen and oxygen atoms in total. The highest BCUT2D eigenvalue weighted by Crippen LogP contribution is 2.29. The Labute approximate surface area is 180 Å². The summed E-state index contributed by atoms with van der Waals surface area (Å²) >= 11 is 0. The third-order valence-corrected chi connectivity index (χ3v) is 6.32. The molecule has 2 N–H and O–H groups in total. The van der Waals surface area contributed by atoms with Gasteiger partial charge in [0.15, 0.2) is 5.65 Å². The van der Waals surface area contributed by atoms with E-state index in [1.54, 1.807) is 0 Å². The van der Waals surface area contributed by atoms with Crippen LogP contribution in [0.5, 0.6) is 0 Å². The Kier molecular flexibility index (Phi) is 4.50. The molecular formula is C25H24N6. The molecule has 0 radical (unpaired) electrons. The Morgan fingerprint density at radius 3 is 2.61 bits per heavy atom. The number of aromatic amines is 1. The number of fused-ring (bicyclic) bond motifs is 3. The lowest BCUT2D eigenvalue weighted by atomic mass is 9.92. The number of benzene rings is 1. The van der Waals surface area contributed by atoms with E-state index in [0.717, 1.165) is 58.9 Å². The van der Waals surface area contributed by atoms with Crippen LogP contribution in [-0.2, 0) is 6.42 Å². The van der Waals surface area contributed by atoms with E-state index in [-0.39, 0.29) is 0 Å². The summed E-state index contributed by atoms with van der Waals surface area (Å²) in [5.41, 5.74) is 7.17. The van der Waals surface area contributed by atoms with Gasteiger partial charge in [0, 0.05) is 34.5 Å². The van der Waals surface area contributed by atoms with Gasteiger partial charge in [0.1, 0.15) is 5.65 Å². The average molecular weight is 409 g/mol. The molecule has 0 unspecified atom stereocenters. The maximum atomic E-state index is 5.12. The highest BCUT2D eigenvalue weighted by atomic mass is 15.3. The zero-order valence-corrected chi connectivity index (χ0v) is 17.3. The maximum Gasteiger partial charge on any atom is 0.165 e. The fourth-order valence-corrected chi connectivity index (χ4v) is 4.62. The first-order chi connectivity index (χ1) is 15.4. The Hall–Kier alpha value is -3.51. The van der Waals surface area contributed by atoms with Gasteiger partial charge in [-0.2, -0.15) is 9.61 Å².